The van der Waals surface area contributed by atoms with Crippen LogP contribution in [0.2, 0.25) is 0 Å². The number of hydrogen-bond donors (Lipinski definition) is 1. The Hall–Kier alpha value is -2.88. The van der Waals surface area contributed by atoms with E-state index in [1.54, 1.807) is 12.5 Å². The molecular weight excluding hydrogens is 470 g/mol. The number of para-hydroxylation sites is 1. The maximum Gasteiger partial charge on any atom is 0.263 e. The van der Waals surface area contributed by atoms with Crippen LogP contribution >= 0.6 is 11.3 Å². The van der Waals surface area contributed by atoms with Gasteiger partial charge in [0.15, 0.2) is 0 Å². The molecule has 0 atom stereocenters. The third-order valence-electron chi connectivity index (χ3n) is 6.03. The Morgan fingerprint density at radius 1 is 1.06 bits per heavy atom. The Morgan fingerprint density at radius 2 is 1.79 bits per heavy atom. The highest BCUT2D eigenvalue weighted by molar-refractivity contribution is 7.89. The molecule has 1 aliphatic rings. The maximum absolute atomic E-state index is 13.4. The molecule has 180 valence electrons. The van der Waals surface area contributed by atoms with Crippen molar-refractivity contribution < 1.29 is 17.9 Å². The summed E-state index contributed by atoms with van der Waals surface area (Å²) in [7, 11) is -2.21. The molecule has 1 aromatic heterocycles. The second-order valence-corrected chi connectivity index (χ2v) is 11.1. The minimum absolute atomic E-state index is 0.0650. The molecule has 0 bridgehead atoms. The SMILES string of the molecule is COc1ccccc1CNC(=O)c1sccc1S(=O)(=O)N1CCN(c2cc(C)ccc2C)CC1. The van der Waals surface area contributed by atoms with E-state index in [0.29, 0.717) is 31.9 Å². The first-order valence-corrected chi connectivity index (χ1v) is 13.4. The van der Waals surface area contributed by atoms with Crippen molar-refractivity contribution in [2.75, 3.05) is 38.2 Å². The number of ether oxygens (including phenoxy) is 1. The summed E-state index contributed by atoms with van der Waals surface area (Å²) in [5, 5.41) is 4.48. The smallest absolute Gasteiger partial charge is 0.263 e. The van der Waals surface area contributed by atoms with E-state index in [2.05, 4.69) is 42.3 Å². The summed E-state index contributed by atoms with van der Waals surface area (Å²) in [4.78, 5) is 15.4. The first kappa shape index (κ1) is 24.3. The van der Waals surface area contributed by atoms with E-state index in [1.807, 2.05) is 24.3 Å². The number of methoxy groups -OCH3 is 1. The number of benzene rings is 2. The van der Waals surface area contributed by atoms with E-state index in [9.17, 15) is 13.2 Å². The molecule has 9 heteroatoms. The largest absolute Gasteiger partial charge is 0.496 e. The van der Waals surface area contributed by atoms with Crippen molar-refractivity contribution in [1.29, 1.82) is 0 Å². The molecule has 1 N–H and O–H groups in total. The van der Waals surface area contributed by atoms with Crippen LogP contribution in [0.4, 0.5) is 5.69 Å². The van der Waals surface area contributed by atoms with Gasteiger partial charge in [0.25, 0.3) is 5.91 Å². The van der Waals surface area contributed by atoms with Gasteiger partial charge in [0.1, 0.15) is 15.5 Å². The van der Waals surface area contributed by atoms with E-state index in [-0.39, 0.29) is 16.3 Å². The van der Waals surface area contributed by atoms with Gasteiger partial charge in [0.2, 0.25) is 10.0 Å². The Morgan fingerprint density at radius 3 is 2.53 bits per heavy atom. The number of nitrogens with zero attached hydrogens (tertiary/aromatic N) is 2. The Balaban J connectivity index is 1.45. The van der Waals surface area contributed by atoms with Crippen molar-refractivity contribution in [3.05, 3.63) is 75.5 Å². The van der Waals surface area contributed by atoms with Crippen LogP contribution < -0.4 is 15.0 Å². The van der Waals surface area contributed by atoms with Crippen molar-refractivity contribution >= 4 is 33.0 Å². The van der Waals surface area contributed by atoms with Gasteiger partial charge in [-0.2, -0.15) is 4.31 Å². The van der Waals surface area contributed by atoms with Crippen molar-refractivity contribution in [1.82, 2.24) is 9.62 Å². The van der Waals surface area contributed by atoms with Gasteiger partial charge in [-0.15, -0.1) is 11.3 Å². The molecule has 3 aromatic rings. The first-order valence-electron chi connectivity index (χ1n) is 11.1. The normalized spacial score (nSPS) is 14.7. The first-order chi connectivity index (χ1) is 16.3. The highest BCUT2D eigenvalue weighted by Crippen LogP contribution is 2.28. The standard InChI is InChI=1S/C25H29N3O4S2/c1-18-8-9-19(2)21(16-18)27-11-13-28(14-12-27)34(30,31)23-10-15-33-24(23)25(29)26-17-20-6-4-5-7-22(20)32-3/h4-10,15-16H,11-14,17H2,1-3H3,(H,26,29). The number of aryl methyl sites for hydroxylation is 2. The van der Waals surface area contributed by atoms with E-state index >= 15 is 0 Å². The summed E-state index contributed by atoms with van der Waals surface area (Å²) in [5.74, 6) is 0.261. The summed E-state index contributed by atoms with van der Waals surface area (Å²) >= 11 is 1.14. The molecule has 2 aromatic carbocycles. The predicted molar refractivity (Wildman–Crippen MR) is 135 cm³/mol. The average molecular weight is 500 g/mol. The average Bonchev–Trinajstić information content (AvgIpc) is 3.35. The van der Waals surface area contributed by atoms with Crippen molar-refractivity contribution in [3.8, 4) is 5.75 Å². The van der Waals surface area contributed by atoms with Crippen LogP contribution in [0.25, 0.3) is 0 Å². The molecule has 7 nitrogen and oxygen atoms in total. The lowest BCUT2D eigenvalue weighted by atomic mass is 10.1. The lowest BCUT2D eigenvalue weighted by Gasteiger charge is -2.36. The molecule has 0 radical (unpaired) electrons. The van der Waals surface area contributed by atoms with Gasteiger partial charge in [0, 0.05) is 44.0 Å². The second-order valence-electron chi connectivity index (χ2n) is 8.29. The summed E-state index contributed by atoms with van der Waals surface area (Å²) in [6, 6.07) is 15.2. The number of piperazine rings is 1. The second kappa shape index (κ2) is 10.2. The predicted octanol–water partition coefficient (Wildman–Crippen LogP) is 3.81. The number of nitrogens with one attached hydrogen (secondary N) is 1. The number of amides is 1. The number of carbonyl (C=O) groups is 1. The monoisotopic (exact) mass is 499 g/mol. The van der Waals surface area contributed by atoms with Crippen molar-refractivity contribution in [2.24, 2.45) is 0 Å². The topological polar surface area (TPSA) is 78.9 Å². The third-order valence-corrected chi connectivity index (χ3v) is 9.01. The number of hydrogen-bond acceptors (Lipinski definition) is 6. The fourth-order valence-electron chi connectivity index (χ4n) is 4.14. The quantitative estimate of drug-likeness (QED) is 0.535. The number of thiophene rings is 1. The summed E-state index contributed by atoms with van der Waals surface area (Å²) in [5.41, 5.74) is 4.32. The Bertz CT molecular complexity index is 1280. The van der Waals surface area contributed by atoms with Crippen LogP contribution in [-0.2, 0) is 16.6 Å². The molecule has 1 fully saturated rings. The summed E-state index contributed by atoms with van der Waals surface area (Å²) in [6.45, 7) is 6.31. The lowest BCUT2D eigenvalue weighted by Crippen LogP contribution is -2.49. The van der Waals surface area contributed by atoms with Gasteiger partial charge < -0.3 is 15.0 Å². The van der Waals surface area contributed by atoms with Crippen LogP contribution in [0.3, 0.4) is 0 Å². The molecule has 1 amide bonds. The van der Waals surface area contributed by atoms with E-state index in [0.717, 1.165) is 22.6 Å². The number of sulfonamides is 1. The van der Waals surface area contributed by atoms with Crippen molar-refractivity contribution in [2.45, 2.75) is 25.3 Å². The highest BCUT2D eigenvalue weighted by Gasteiger charge is 2.33. The van der Waals surface area contributed by atoms with Crippen LogP contribution in [0.1, 0.15) is 26.4 Å². The Kier molecular flexibility index (Phi) is 7.25. The Labute approximate surface area is 205 Å². The van der Waals surface area contributed by atoms with E-state index in [1.165, 1.54) is 21.5 Å². The minimum Gasteiger partial charge on any atom is -0.496 e. The summed E-state index contributed by atoms with van der Waals surface area (Å²) < 4.78 is 33.7. The zero-order valence-corrected chi connectivity index (χ0v) is 21.2. The van der Waals surface area contributed by atoms with Gasteiger partial charge in [-0.3, -0.25) is 4.79 Å². The van der Waals surface area contributed by atoms with Gasteiger partial charge in [0.05, 0.1) is 7.11 Å². The number of rotatable bonds is 7. The van der Waals surface area contributed by atoms with Crippen LogP contribution in [-0.4, -0.2) is 51.9 Å². The maximum atomic E-state index is 13.4. The summed E-state index contributed by atoms with van der Waals surface area (Å²) in [6.07, 6.45) is 0. The molecular formula is C25H29N3O4S2. The lowest BCUT2D eigenvalue weighted by molar-refractivity contribution is 0.0951. The van der Waals surface area contributed by atoms with Gasteiger partial charge >= 0.3 is 0 Å². The van der Waals surface area contributed by atoms with Gasteiger partial charge in [-0.1, -0.05) is 30.3 Å². The van der Waals surface area contributed by atoms with Crippen molar-refractivity contribution in [3.63, 3.8) is 0 Å². The fraction of sp³-hybridized carbons (Fsp3) is 0.320. The molecule has 1 aliphatic heterocycles. The molecule has 34 heavy (non-hydrogen) atoms. The third kappa shape index (κ3) is 4.96. The number of carbonyl (C=O) groups excluding carboxylic acids is 1. The highest BCUT2D eigenvalue weighted by atomic mass is 32.2. The van der Waals surface area contributed by atoms with Gasteiger partial charge in [-0.25, -0.2) is 8.42 Å². The molecule has 0 aliphatic carbocycles. The molecule has 0 unspecified atom stereocenters. The number of anilines is 1. The van der Waals surface area contributed by atoms with Crippen LogP contribution in [0.5, 0.6) is 5.75 Å². The van der Waals surface area contributed by atoms with Gasteiger partial charge in [-0.05, 0) is 48.6 Å². The molecule has 0 spiro atoms. The zero-order valence-electron chi connectivity index (χ0n) is 19.6. The molecule has 0 saturated carbocycles. The van der Waals surface area contributed by atoms with E-state index in [4.69, 9.17) is 4.74 Å². The zero-order chi connectivity index (χ0) is 24.3. The minimum atomic E-state index is -3.78. The van der Waals surface area contributed by atoms with Crippen LogP contribution in [0, 0.1) is 13.8 Å². The molecule has 2 heterocycles. The molecule has 4 rings (SSSR count). The molecule has 1 saturated heterocycles. The van der Waals surface area contributed by atoms with E-state index < -0.39 is 15.9 Å². The van der Waals surface area contributed by atoms with Crippen LogP contribution in [0.15, 0.2) is 58.8 Å². The fourth-order valence-corrected chi connectivity index (χ4v) is 6.88.